The molecule has 0 amide bonds. The van der Waals surface area contributed by atoms with Crippen molar-refractivity contribution in [3.63, 3.8) is 0 Å². The first-order valence-electron chi connectivity index (χ1n) is 11.0. The van der Waals surface area contributed by atoms with Crippen molar-refractivity contribution in [2.24, 2.45) is 5.41 Å². The van der Waals surface area contributed by atoms with Crippen molar-refractivity contribution >= 4 is 11.8 Å². The third-order valence-corrected chi connectivity index (χ3v) is 5.66. The van der Waals surface area contributed by atoms with Crippen molar-refractivity contribution in [1.82, 2.24) is 5.32 Å². The lowest BCUT2D eigenvalue weighted by atomic mass is 9.68. The van der Waals surface area contributed by atoms with Gasteiger partial charge in [0, 0.05) is 29.0 Å². The maximum atomic E-state index is 13.4. The molecule has 1 N–H and O–H groups in total. The van der Waals surface area contributed by atoms with Crippen molar-refractivity contribution in [1.29, 1.82) is 0 Å². The standard InChI is InChI=1S/C25H33NO4/c1-6-13-30-20-12-10-9-11-16(20)21-22-18(14-25(4,5)15-19(22)27)26-17(7-2)23(21)24(28)29-8-3/h9-12,21,26H,6-8,13-15H2,1-5H3/t21-/m0/s1. The summed E-state index contributed by atoms with van der Waals surface area (Å²) in [6.45, 7) is 11.0. The smallest absolute Gasteiger partial charge is 0.336 e. The van der Waals surface area contributed by atoms with Crippen LogP contribution in [0.1, 0.15) is 71.8 Å². The van der Waals surface area contributed by atoms with Gasteiger partial charge < -0.3 is 14.8 Å². The van der Waals surface area contributed by atoms with Gasteiger partial charge in [0.2, 0.25) is 0 Å². The fourth-order valence-corrected chi connectivity index (χ4v) is 4.45. The number of nitrogens with one attached hydrogen (secondary N) is 1. The average molecular weight is 412 g/mol. The summed E-state index contributed by atoms with van der Waals surface area (Å²) in [5.41, 5.74) is 3.69. The van der Waals surface area contributed by atoms with E-state index < -0.39 is 5.92 Å². The molecule has 2 aliphatic rings. The van der Waals surface area contributed by atoms with E-state index in [0.29, 0.717) is 36.3 Å². The highest BCUT2D eigenvalue weighted by atomic mass is 16.5. The van der Waals surface area contributed by atoms with Gasteiger partial charge in [0.15, 0.2) is 5.78 Å². The molecule has 1 aliphatic heterocycles. The van der Waals surface area contributed by atoms with Crippen LogP contribution in [0, 0.1) is 5.41 Å². The van der Waals surface area contributed by atoms with Crippen LogP contribution in [-0.2, 0) is 14.3 Å². The minimum atomic E-state index is -0.480. The summed E-state index contributed by atoms with van der Waals surface area (Å²) in [6.07, 6.45) is 2.75. The van der Waals surface area contributed by atoms with Crippen LogP contribution >= 0.6 is 0 Å². The molecule has 0 bridgehead atoms. The average Bonchev–Trinajstić information content (AvgIpc) is 2.70. The summed E-state index contributed by atoms with van der Waals surface area (Å²) < 4.78 is 11.5. The quantitative estimate of drug-likeness (QED) is 0.637. The summed E-state index contributed by atoms with van der Waals surface area (Å²) in [4.78, 5) is 26.5. The zero-order valence-electron chi connectivity index (χ0n) is 18.8. The molecule has 3 rings (SSSR count). The minimum Gasteiger partial charge on any atom is -0.493 e. The van der Waals surface area contributed by atoms with Crippen LogP contribution in [0.2, 0.25) is 0 Å². The van der Waals surface area contributed by atoms with E-state index in [2.05, 4.69) is 26.1 Å². The van der Waals surface area contributed by atoms with E-state index in [1.807, 2.05) is 31.2 Å². The lowest BCUT2D eigenvalue weighted by Gasteiger charge is -2.40. The summed E-state index contributed by atoms with van der Waals surface area (Å²) >= 11 is 0. The molecule has 30 heavy (non-hydrogen) atoms. The zero-order valence-corrected chi connectivity index (χ0v) is 18.8. The first kappa shape index (κ1) is 22.1. The van der Waals surface area contributed by atoms with Gasteiger partial charge in [-0.1, -0.05) is 45.9 Å². The molecule has 0 unspecified atom stereocenters. The maximum Gasteiger partial charge on any atom is 0.336 e. The van der Waals surface area contributed by atoms with E-state index in [1.165, 1.54) is 0 Å². The van der Waals surface area contributed by atoms with Crippen LogP contribution in [-0.4, -0.2) is 25.0 Å². The second kappa shape index (κ2) is 9.07. The minimum absolute atomic E-state index is 0.0843. The number of carbonyl (C=O) groups is 2. The zero-order chi connectivity index (χ0) is 21.9. The Morgan fingerprint density at radius 2 is 1.90 bits per heavy atom. The third-order valence-electron chi connectivity index (χ3n) is 5.66. The lowest BCUT2D eigenvalue weighted by molar-refractivity contribution is -0.138. The molecule has 1 aromatic rings. The number of hydrogen-bond donors (Lipinski definition) is 1. The number of Topliss-reactive ketones (excluding diaryl/α,β-unsaturated/α-hetero) is 1. The number of allylic oxidation sites excluding steroid dienone is 3. The van der Waals surface area contributed by atoms with Gasteiger partial charge in [-0.3, -0.25) is 4.79 Å². The van der Waals surface area contributed by atoms with Crippen molar-refractivity contribution < 1.29 is 19.1 Å². The van der Waals surface area contributed by atoms with Crippen molar-refractivity contribution in [3.8, 4) is 5.75 Å². The van der Waals surface area contributed by atoms with Crippen molar-refractivity contribution in [2.45, 2.75) is 66.2 Å². The molecule has 0 saturated heterocycles. The van der Waals surface area contributed by atoms with Gasteiger partial charge in [-0.25, -0.2) is 4.79 Å². The van der Waals surface area contributed by atoms with Gasteiger partial charge in [-0.15, -0.1) is 0 Å². The molecule has 1 atom stereocenters. The molecule has 162 valence electrons. The maximum absolute atomic E-state index is 13.4. The summed E-state index contributed by atoms with van der Waals surface area (Å²) in [5.74, 6) is -0.0535. The molecular formula is C25H33NO4. The van der Waals surface area contributed by atoms with E-state index >= 15 is 0 Å². The first-order chi connectivity index (χ1) is 14.3. The molecule has 5 nitrogen and oxygen atoms in total. The summed E-state index contributed by atoms with van der Waals surface area (Å²) in [6, 6.07) is 7.73. The normalized spacial score (nSPS) is 20.6. The Morgan fingerprint density at radius 1 is 1.17 bits per heavy atom. The van der Waals surface area contributed by atoms with E-state index in [4.69, 9.17) is 9.47 Å². The van der Waals surface area contributed by atoms with Gasteiger partial charge >= 0.3 is 5.97 Å². The number of rotatable bonds is 7. The summed E-state index contributed by atoms with van der Waals surface area (Å²) in [5, 5.41) is 3.44. The first-order valence-corrected chi connectivity index (χ1v) is 11.0. The van der Waals surface area contributed by atoms with Crippen LogP contribution in [0.3, 0.4) is 0 Å². The van der Waals surface area contributed by atoms with Gasteiger partial charge in [0.1, 0.15) is 5.75 Å². The van der Waals surface area contributed by atoms with Crippen molar-refractivity contribution in [2.75, 3.05) is 13.2 Å². The SMILES string of the molecule is CCCOc1ccccc1[C@H]1C2=C(CC(C)(C)CC2=O)NC(CC)=C1C(=O)OCC. The number of carbonyl (C=O) groups excluding carboxylic acids is 2. The van der Waals surface area contributed by atoms with Crippen LogP contribution < -0.4 is 10.1 Å². The van der Waals surface area contributed by atoms with E-state index in [0.717, 1.165) is 29.8 Å². The van der Waals surface area contributed by atoms with Crippen LogP contribution in [0.4, 0.5) is 0 Å². The Bertz CT molecular complexity index is 894. The van der Waals surface area contributed by atoms with Crippen LogP contribution in [0.25, 0.3) is 0 Å². The Kier molecular flexibility index (Phi) is 6.69. The third kappa shape index (κ3) is 4.30. The monoisotopic (exact) mass is 411 g/mol. The predicted octanol–water partition coefficient (Wildman–Crippen LogP) is 5.03. The molecule has 5 heteroatoms. The molecule has 1 heterocycles. The molecular weight excluding hydrogens is 378 g/mol. The Hall–Kier alpha value is -2.56. The molecule has 0 fully saturated rings. The number of para-hydroxylation sites is 1. The van der Waals surface area contributed by atoms with E-state index in [1.54, 1.807) is 6.92 Å². The van der Waals surface area contributed by atoms with Gasteiger partial charge in [-0.05, 0) is 37.7 Å². The fourth-order valence-electron chi connectivity index (χ4n) is 4.45. The molecule has 1 aromatic carbocycles. The highest BCUT2D eigenvalue weighted by Gasteiger charge is 2.44. The molecule has 0 aromatic heterocycles. The molecule has 0 spiro atoms. The molecule has 1 aliphatic carbocycles. The topological polar surface area (TPSA) is 64.6 Å². The number of benzene rings is 1. The second-order valence-electron chi connectivity index (χ2n) is 8.74. The summed E-state index contributed by atoms with van der Waals surface area (Å²) in [7, 11) is 0. The highest BCUT2D eigenvalue weighted by molar-refractivity contribution is 6.04. The van der Waals surface area contributed by atoms with Crippen LogP contribution in [0.15, 0.2) is 46.8 Å². The van der Waals surface area contributed by atoms with Gasteiger partial charge in [0.25, 0.3) is 0 Å². The van der Waals surface area contributed by atoms with E-state index in [-0.39, 0.29) is 23.8 Å². The van der Waals surface area contributed by atoms with Crippen molar-refractivity contribution in [3.05, 3.63) is 52.4 Å². The number of ether oxygens (including phenoxy) is 2. The largest absolute Gasteiger partial charge is 0.493 e. The predicted molar refractivity (Wildman–Crippen MR) is 117 cm³/mol. The number of esters is 1. The molecule has 0 radical (unpaired) electrons. The van der Waals surface area contributed by atoms with E-state index in [9.17, 15) is 9.59 Å². The number of ketones is 1. The Balaban J connectivity index is 2.22. The number of dihydropyridines is 1. The Morgan fingerprint density at radius 3 is 2.57 bits per heavy atom. The van der Waals surface area contributed by atoms with Crippen LogP contribution in [0.5, 0.6) is 5.75 Å². The Labute approximate surface area is 179 Å². The lowest BCUT2D eigenvalue weighted by Crippen LogP contribution is -2.39. The number of hydrogen-bond acceptors (Lipinski definition) is 5. The highest BCUT2D eigenvalue weighted by Crippen LogP contribution is 2.48. The van der Waals surface area contributed by atoms with Gasteiger partial charge in [0.05, 0.1) is 24.7 Å². The second-order valence-corrected chi connectivity index (χ2v) is 8.74. The van der Waals surface area contributed by atoms with Gasteiger partial charge in [-0.2, -0.15) is 0 Å². The molecule has 0 saturated carbocycles. The fraction of sp³-hybridized carbons (Fsp3) is 0.520.